The number of anilines is 1. The van der Waals surface area contributed by atoms with Crippen molar-refractivity contribution < 1.29 is 8.78 Å². The average molecular weight is 280 g/mol. The van der Waals surface area contributed by atoms with Gasteiger partial charge < -0.3 is 4.90 Å². The van der Waals surface area contributed by atoms with Gasteiger partial charge in [0.05, 0.1) is 0 Å². The van der Waals surface area contributed by atoms with E-state index in [1.54, 1.807) is 6.20 Å². The van der Waals surface area contributed by atoms with E-state index in [-0.39, 0.29) is 5.52 Å². The van der Waals surface area contributed by atoms with Crippen LogP contribution >= 0.6 is 11.8 Å². The molecule has 19 heavy (non-hydrogen) atoms. The minimum Gasteiger partial charge on any atom is -0.369 e. The molecule has 1 aromatic carbocycles. The third-order valence-corrected chi connectivity index (χ3v) is 4.46. The number of pyridine rings is 1. The molecular weight excluding hydrogens is 266 g/mol. The van der Waals surface area contributed by atoms with Crippen molar-refractivity contribution >= 4 is 28.4 Å². The molecule has 1 aliphatic rings. The number of hydrogen-bond donors (Lipinski definition) is 0. The van der Waals surface area contributed by atoms with Gasteiger partial charge in [0.25, 0.3) is 0 Å². The second-order valence-corrected chi connectivity index (χ2v) is 6.29. The molecule has 0 saturated carbocycles. The summed E-state index contributed by atoms with van der Waals surface area (Å²) in [4.78, 5) is 6.21. The molecule has 1 unspecified atom stereocenters. The minimum absolute atomic E-state index is 0.241. The molecule has 2 aromatic rings. The molecule has 0 bridgehead atoms. The minimum atomic E-state index is -0.601. The van der Waals surface area contributed by atoms with E-state index in [1.165, 1.54) is 6.07 Å². The fourth-order valence-electron chi connectivity index (χ4n) is 2.48. The zero-order valence-corrected chi connectivity index (χ0v) is 11.4. The molecule has 2 heterocycles. The number of aromatic nitrogens is 1. The van der Waals surface area contributed by atoms with Crippen LogP contribution < -0.4 is 4.90 Å². The molecule has 1 aliphatic heterocycles. The highest BCUT2D eigenvalue weighted by molar-refractivity contribution is 8.00. The van der Waals surface area contributed by atoms with E-state index in [9.17, 15) is 8.78 Å². The van der Waals surface area contributed by atoms with Crippen molar-refractivity contribution in [2.45, 2.75) is 12.2 Å². The van der Waals surface area contributed by atoms with Crippen LogP contribution in [-0.4, -0.2) is 29.1 Å². The predicted molar refractivity (Wildman–Crippen MR) is 75.8 cm³/mol. The Kier molecular flexibility index (Phi) is 3.31. The van der Waals surface area contributed by atoms with Gasteiger partial charge in [0.2, 0.25) is 0 Å². The molecule has 3 rings (SSSR count). The number of fused-ring (bicyclic) bond motifs is 1. The van der Waals surface area contributed by atoms with Gasteiger partial charge in [0.1, 0.15) is 11.3 Å². The molecule has 0 radical (unpaired) electrons. The summed E-state index contributed by atoms with van der Waals surface area (Å²) in [6.45, 7) is 3.95. The van der Waals surface area contributed by atoms with Crippen molar-refractivity contribution in [1.29, 1.82) is 0 Å². The summed E-state index contributed by atoms with van der Waals surface area (Å²) in [5, 5.41) is 1.08. The normalized spacial score (nSPS) is 19.9. The first-order chi connectivity index (χ1) is 9.15. The average Bonchev–Trinajstić information content (AvgIpc) is 2.38. The molecule has 2 nitrogen and oxygen atoms in total. The maximum atomic E-state index is 13.7. The van der Waals surface area contributed by atoms with Crippen LogP contribution in [0, 0.1) is 11.6 Å². The number of nitrogens with zero attached hydrogens (tertiary/aromatic N) is 2. The fraction of sp³-hybridized carbons (Fsp3) is 0.357. The first-order valence-corrected chi connectivity index (χ1v) is 7.30. The van der Waals surface area contributed by atoms with Gasteiger partial charge in [-0.1, -0.05) is 6.92 Å². The number of hydrogen-bond acceptors (Lipinski definition) is 3. The van der Waals surface area contributed by atoms with Crippen LogP contribution in [-0.2, 0) is 0 Å². The summed E-state index contributed by atoms with van der Waals surface area (Å²) in [6, 6.07) is 4.09. The maximum Gasteiger partial charge on any atom is 0.152 e. The van der Waals surface area contributed by atoms with Crippen LogP contribution in [0.1, 0.15) is 6.92 Å². The standard InChI is InChI=1S/C14H14F2N2S/c1-9-8-18(4-5-19-9)13-2-3-17-14-11(13)6-10(15)7-12(14)16/h2-3,6-7,9H,4-5,8H2,1H3. The van der Waals surface area contributed by atoms with E-state index in [0.717, 1.165) is 30.6 Å². The summed E-state index contributed by atoms with van der Waals surface area (Å²) in [6.07, 6.45) is 1.59. The lowest BCUT2D eigenvalue weighted by atomic mass is 10.1. The van der Waals surface area contributed by atoms with E-state index in [0.29, 0.717) is 10.6 Å². The smallest absolute Gasteiger partial charge is 0.152 e. The molecule has 1 fully saturated rings. The summed E-state index contributed by atoms with van der Waals surface area (Å²) in [5.74, 6) is -0.127. The molecule has 1 saturated heterocycles. The third-order valence-electron chi connectivity index (χ3n) is 3.32. The van der Waals surface area contributed by atoms with Crippen LogP contribution in [0.4, 0.5) is 14.5 Å². The highest BCUT2D eigenvalue weighted by Crippen LogP contribution is 2.31. The first kappa shape index (κ1) is 12.7. The van der Waals surface area contributed by atoms with Crippen LogP contribution in [0.15, 0.2) is 24.4 Å². The van der Waals surface area contributed by atoms with Crippen LogP contribution in [0.25, 0.3) is 10.9 Å². The highest BCUT2D eigenvalue weighted by Gasteiger charge is 2.20. The van der Waals surface area contributed by atoms with Gasteiger partial charge in [-0.25, -0.2) is 8.78 Å². The van der Waals surface area contributed by atoms with E-state index < -0.39 is 11.6 Å². The lowest BCUT2D eigenvalue weighted by Crippen LogP contribution is -2.36. The Hall–Kier alpha value is -1.36. The maximum absolute atomic E-state index is 13.7. The summed E-state index contributed by atoms with van der Waals surface area (Å²) >= 11 is 1.92. The molecule has 1 aromatic heterocycles. The van der Waals surface area contributed by atoms with Crippen molar-refractivity contribution in [3.63, 3.8) is 0 Å². The molecule has 0 spiro atoms. The summed E-state index contributed by atoms with van der Waals surface area (Å²) < 4.78 is 27.2. The van der Waals surface area contributed by atoms with Gasteiger partial charge in [-0.05, 0) is 12.1 Å². The van der Waals surface area contributed by atoms with E-state index in [1.807, 2.05) is 17.8 Å². The molecule has 1 atom stereocenters. The SMILES string of the molecule is CC1CN(c2ccnc3c(F)cc(F)cc23)CCS1. The molecule has 5 heteroatoms. The van der Waals surface area contributed by atoms with E-state index >= 15 is 0 Å². The van der Waals surface area contributed by atoms with Crippen molar-refractivity contribution in [1.82, 2.24) is 4.98 Å². The van der Waals surface area contributed by atoms with Gasteiger partial charge in [-0.3, -0.25) is 4.98 Å². The van der Waals surface area contributed by atoms with Crippen molar-refractivity contribution in [2.75, 3.05) is 23.7 Å². The molecule has 100 valence electrons. The largest absolute Gasteiger partial charge is 0.369 e. The Bertz CT molecular complexity index is 618. The zero-order valence-electron chi connectivity index (χ0n) is 10.6. The molecule has 0 N–H and O–H groups in total. The molecule has 0 amide bonds. The Labute approximate surface area is 114 Å². The third kappa shape index (κ3) is 2.39. The second kappa shape index (κ2) is 4.96. The number of thioether (sulfide) groups is 1. The summed E-state index contributed by atoms with van der Waals surface area (Å²) in [7, 11) is 0. The topological polar surface area (TPSA) is 16.1 Å². The van der Waals surface area contributed by atoms with Crippen molar-refractivity contribution in [2.24, 2.45) is 0 Å². The van der Waals surface area contributed by atoms with Gasteiger partial charge in [0.15, 0.2) is 5.82 Å². The highest BCUT2D eigenvalue weighted by atomic mass is 32.2. The number of benzene rings is 1. The lowest BCUT2D eigenvalue weighted by molar-refractivity contribution is 0.590. The Balaban J connectivity index is 2.13. The molecular formula is C14H14F2N2S. The number of rotatable bonds is 1. The number of halogens is 2. The van der Waals surface area contributed by atoms with E-state index in [4.69, 9.17) is 0 Å². The Morgan fingerprint density at radius 2 is 2.21 bits per heavy atom. The van der Waals surface area contributed by atoms with Gasteiger partial charge in [-0.2, -0.15) is 11.8 Å². The van der Waals surface area contributed by atoms with Gasteiger partial charge in [-0.15, -0.1) is 0 Å². The predicted octanol–water partition coefficient (Wildman–Crippen LogP) is 3.45. The van der Waals surface area contributed by atoms with Gasteiger partial charge >= 0.3 is 0 Å². The quantitative estimate of drug-likeness (QED) is 0.796. The van der Waals surface area contributed by atoms with Crippen LogP contribution in [0.3, 0.4) is 0 Å². The Morgan fingerprint density at radius 1 is 1.37 bits per heavy atom. The van der Waals surface area contributed by atoms with Gasteiger partial charge in [0, 0.05) is 47.4 Å². The lowest BCUT2D eigenvalue weighted by Gasteiger charge is -2.33. The second-order valence-electron chi connectivity index (χ2n) is 4.74. The fourth-order valence-corrected chi connectivity index (χ4v) is 3.49. The summed E-state index contributed by atoms with van der Waals surface area (Å²) in [5.41, 5.74) is 1.11. The van der Waals surface area contributed by atoms with E-state index in [2.05, 4.69) is 16.8 Å². The first-order valence-electron chi connectivity index (χ1n) is 6.25. The van der Waals surface area contributed by atoms with Crippen LogP contribution in [0.2, 0.25) is 0 Å². The molecule has 0 aliphatic carbocycles. The van der Waals surface area contributed by atoms with Crippen molar-refractivity contribution in [3.05, 3.63) is 36.0 Å². The Morgan fingerprint density at radius 3 is 3.00 bits per heavy atom. The monoisotopic (exact) mass is 280 g/mol. The zero-order chi connectivity index (χ0) is 13.4. The van der Waals surface area contributed by atoms with Crippen LogP contribution in [0.5, 0.6) is 0 Å². The van der Waals surface area contributed by atoms with Crippen molar-refractivity contribution in [3.8, 4) is 0 Å².